The summed E-state index contributed by atoms with van der Waals surface area (Å²) in [5.74, 6) is -0.965. The molecular formula is C20H16N4O2S. The van der Waals surface area contributed by atoms with Crippen LogP contribution in [0.4, 0.5) is 0 Å². The number of benzene rings is 2. The molecule has 2 aromatic carbocycles. The number of carboxylic acid groups (broad SMARTS) is 1. The van der Waals surface area contributed by atoms with Crippen molar-refractivity contribution in [2.45, 2.75) is 13.5 Å². The zero-order valence-corrected chi connectivity index (χ0v) is 15.3. The van der Waals surface area contributed by atoms with E-state index in [0.717, 1.165) is 27.5 Å². The summed E-state index contributed by atoms with van der Waals surface area (Å²) in [6.07, 6.45) is 1.75. The van der Waals surface area contributed by atoms with Gasteiger partial charge in [0.05, 0.1) is 40.4 Å². The second-order valence-electron chi connectivity index (χ2n) is 6.07. The van der Waals surface area contributed by atoms with Crippen LogP contribution in [-0.4, -0.2) is 30.2 Å². The van der Waals surface area contributed by atoms with Crippen molar-refractivity contribution in [3.05, 3.63) is 77.1 Å². The zero-order valence-electron chi connectivity index (χ0n) is 14.5. The van der Waals surface area contributed by atoms with E-state index in [2.05, 4.69) is 14.6 Å². The lowest BCUT2D eigenvalue weighted by Gasteiger charge is -2.12. The average Bonchev–Trinajstić information content (AvgIpc) is 3.29. The van der Waals surface area contributed by atoms with Gasteiger partial charge < -0.3 is 9.67 Å². The van der Waals surface area contributed by atoms with Gasteiger partial charge in [0.2, 0.25) is 0 Å². The Morgan fingerprint density at radius 1 is 1.11 bits per heavy atom. The van der Waals surface area contributed by atoms with Gasteiger partial charge in [0, 0.05) is 11.1 Å². The Labute approximate surface area is 159 Å². The first kappa shape index (κ1) is 17.1. The van der Waals surface area contributed by atoms with E-state index in [1.807, 2.05) is 54.0 Å². The molecule has 134 valence electrons. The molecule has 2 aromatic heterocycles. The molecule has 0 aliphatic rings. The second-order valence-corrected chi connectivity index (χ2v) is 6.91. The lowest BCUT2D eigenvalue weighted by atomic mass is 10.00. The van der Waals surface area contributed by atoms with Crippen molar-refractivity contribution in [1.82, 2.24) is 19.1 Å². The molecule has 7 heteroatoms. The number of carbonyl (C=O) groups is 1. The largest absolute Gasteiger partial charge is 0.478 e. The van der Waals surface area contributed by atoms with Crippen LogP contribution in [0.1, 0.15) is 20.9 Å². The van der Waals surface area contributed by atoms with Crippen LogP contribution < -0.4 is 0 Å². The summed E-state index contributed by atoms with van der Waals surface area (Å²) >= 11 is 1.34. The highest BCUT2D eigenvalue weighted by Gasteiger charge is 2.21. The Hall–Kier alpha value is -3.32. The van der Waals surface area contributed by atoms with E-state index in [1.165, 1.54) is 11.5 Å². The van der Waals surface area contributed by atoms with Gasteiger partial charge >= 0.3 is 5.97 Å². The highest BCUT2D eigenvalue weighted by atomic mass is 32.1. The molecule has 0 saturated heterocycles. The molecule has 0 amide bonds. The van der Waals surface area contributed by atoms with Crippen molar-refractivity contribution in [3.8, 4) is 22.5 Å². The van der Waals surface area contributed by atoms with Gasteiger partial charge in [-0.15, -0.1) is 5.10 Å². The van der Waals surface area contributed by atoms with Crippen LogP contribution in [-0.2, 0) is 6.54 Å². The quantitative estimate of drug-likeness (QED) is 0.566. The van der Waals surface area contributed by atoms with Gasteiger partial charge in [-0.3, -0.25) is 0 Å². The van der Waals surface area contributed by atoms with E-state index in [9.17, 15) is 9.90 Å². The molecule has 0 atom stereocenters. The minimum absolute atomic E-state index is 0.246. The predicted molar refractivity (Wildman–Crippen MR) is 104 cm³/mol. The summed E-state index contributed by atoms with van der Waals surface area (Å²) in [7, 11) is 0. The van der Waals surface area contributed by atoms with Crippen LogP contribution in [0, 0.1) is 6.92 Å². The maximum Gasteiger partial charge on any atom is 0.336 e. The Morgan fingerprint density at radius 3 is 2.56 bits per heavy atom. The first-order chi connectivity index (χ1) is 13.1. The molecular weight excluding hydrogens is 360 g/mol. The standard InChI is InChI=1S/C20H16N4O2S/c1-13-17(27-23-22-13)11-24-12-21-18(14-7-3-2-4-8-14)19(24)15-9-5-6-10-16(15)20(25)26/h2-10,12H,11H2,1H3,(H,25,26). The minimum atomic E-state index is -0.965. The normalized spacial score (nSPS) is 10.9. The third kappa shape index (κ3) is 3.24. The maximum atomic E-state index is 11.8. The van der Waals surface area contributed by atoms with Gasteiger partial charge in [0.25, 0.3) is 0 Å². The van der Waals surface area contributed by atoms with Crippen molar-refractivity contribution in [2.24, 2.45) is 0 Å². The fourth-order valence-electron chi connectivity index (χ4n) is 3.02. The molecule has 6 nitrogen and oxygen atoms in total. The van der Waals surface area contributed by atoms with Crippen molar-refractivity contribution in [2.75, 3.05) is 0 Å². The maximum absolute atomic E-state index is 11.8. The molecule has 0 spiro atoms. The number of imidazole rings is 1. The van der Waals surface area contributed by atoms with E-state index in [1.54, 1.807) is 18.5 Å². The summed E-state index contributed by atoms with van der Waals surface area (Å²) in [5.41, 5.74) is 4.21. The monoisotopic (exact) mass is 376 g/mol. The molecule has 0 fully saturated rings. The van der Waals surface area contributed by atoms with Gasteiger partial charge in [-0.2, -0.15) is 0 Å². The Bertz CT molecular complexity index is 1100. The summed E-state index contributed by atoms with van der Waals surface area (Å²) in [5, 5.41) is 13.7. The number of rotatable bonds is 5. The van der Waals surface area contributed by atoms with E-state index < -0.39 is 5.97 Å². The van der Waals surface area contributed by atoms with E-state index >= 15 is 0 Å². The number of aryl methyl sites for hydroxylation is 1. The van der Waals surface area contributed by atoms with Crippen molar-refractivity contribution in [1.29, 1.82) is 0 Å². The molecule has 0 radical (unpaired) electrons. The average molecular weight is 376 g/mol. The predicted octanol–water partition coefficient (Wildman–Crippen LogP) is 4.12. The molecule has 0 unspecified atom stereocenters. The fourth-order valence-corrected chi connectivity index (χ4v) is 3.65. The van der Waals surface area contributed by atoms with Crippen LogP contribution in [0.5, 0.6) is 0 Å². The fraction of sp³-hybridized carbons (Fsp3) is 0.100. The number of nitrogens with zero attached hydrogens (tertiary/aromatic N) is 4. The zero-order chi connectivity index (χ0) is 18.8. The van der Waals surface area contributed by atoms with Crippen molar-refractivity contribution >= 4 is 17.5 Å². The number of hydrogen-bond acceptors (Lipinski definition) is 5. The summed E-state index contributed by atoms with van der Waals surface area (Å²) < 4.78 is 5.96. The second kappa shape index (κ2) is 7.13. The van der Waals surface area contributed by atoms with Gasteiger partial charge in [0.15, 0.2) is 0 Å². The highest BCUT2D eigenvalue weighted by molar-refractivity contribution is 7.05. The molecule has 27 heavy (non-hydrogen) atoms. The Morgan fingerprint density at radius 2 is 1.85 bits per heavy atom. The van der Waals surface area contributed by atoms with Crippen LogP contribution in [0.3, 0.4) is 0 Å². The smallest absolute Gasteiger partial charge is 0.336 e. The number of aromatic nitrogens is 4. The molecule has 1 N–H and O–H groups in total. The molecule has 0 saturated carbocycles. The highest BCUT2D eigenvalue weighted by Crippen LogP contribution is 2.34. The number of hydrogen-bond donors (Lipinski definition) is 1. The molecule has 4 rings (SSSR count). The molecule has 4 aromatic rings. The summed E-state index contributed by atoms with van der Waals surface area (Å²) in [4.78, 5) is 17.4. The van der Waals surface area contributed by atoms with Crippen LogP contribution >= 0.6 is 11.5 Å². The van der Waals surface area contributed by atoms with Crippen molar-refractivity contribution < 1.29 is 9.90 Å². The molecule has 2 heterocycles. The Kier molecular flexibility index (Phi) is 4.52. The molecule has 0 bridgehead atoms. The van der Waals surface area contributed by atoms with Crippen LogP contribution in [0.2, 0.25) is 0 Å². The topological polar surface area (TPSA) is 80.9 Å². The van der Waals surface area contributed by atoms with E-state index in [4.69, 9.17) is 0 Å². The molecule has 0 aliphatic carbocycles. The SMILES string of the molecule is Cc1nnsc1Cn1cnc(-c2ccccc2)c1-c1ccccc1C(=O)O. The van der Waals surface area contributed by atoms with Gasteiger partial charge in [-0.1, -0.05) is 53.0 Å². The van der Waals surface area contributed by atoms with Gasteiger partial charge in [-0.25, -0.2) is 9.78 Å². The van der Waals surface area contributed by atoms with Gasteiger partial charge in [-0.05, 0) is 24.5 Å². The number of carboxylic acids is 1. The van der Waals surface area contributed by atoms with Crippen molar-refractivity contribution in [3.63, 3.8) is 0 Å². The summed E-state index contributed by atoms with van der Waals surface area (Å²) in [6, 6.07) is 16.8. The number of aromatic carboxylic acids is 1. The lowest BCUT2D eigenvalue weighted by molar-refractivity contribution is 0.0697. The van der Waals surface area contributed by atoms with Gasteiger partial charge in [0.1, 0.15) is 0 Å². The minimum Gasteiger partial charge on any atom is -0.478 e. The van der Waals surface area contributed by atoms with Crippen LogP contribution in [0.15, 0.2) is 60.9 Å². The molecule has 0 aliphatic heterocycles. The van der Waals surface area contributed by atoms with E-state index in [-0.39, 0.29) is 5.56 Å². The first-order valence-electron chi connectivity index (χ1n) is 8.36. The first-order valence-corrected chi connectivity index (χ1v) is 9.13. The lowest BCUT2D eigenvalue weighted by Crippen LogP contribution is -2.05. The van der Waals surface area contributed by atoms with E-state index in [0.29, 0.717) is 12.1 Å². The third-order valence-electron chi connectivity index (χ3n) is 4.36. The third-order valence-corrected chi connectivity index (χ3v) is 5.17. The Balaban J connectivity index is 1.93. The summed E-state index contributed by atoms with van der Waals surface area (Å²) in [6.45, 7) is 2.45. The van der Waals surface area contributed by atoms with Crippen LogP contribution in [0.25, 0.3) is 22.5 Å².